The maximum atomic E-state index is 14.1. The highest BCUT2D eigenvalue weighted by Crippen LogP contribution is 2.23. The van der Waals surface area contributed by atoms with E-state index in [1.54, 1.807) is 31.2 Å². The van der Waals surface area contributed by atoms with Crippen LogP contribution in [0.4, 0.5) is 8.78 Å². The van der Waals surface area contributed by atoms with E-state index in [0.29, 0.717) is 44.1 Å². The number of para-hydroxylation sites is 1. The van der Waals surface area contributed by atoms with Crippen LogP contribution in [-0.4, -0.2) is 53.4 Å². The summed E-state index contributed by atoms with van der Waals surface area (Å²) in [6.45, 7) is 4.60. The first-order chi connectivity index (χ1) is 15.0. The Morgan fingerprint density at radius 1 is 1.16 bits per heavy atom. The second-order valence-electron chi connectivity index (χ2n) is 7.44. The van der Waals surface area contributed by atoms with Gasteiger partial charge in [-0.3, -0.25) is 9.69 Å². The SMILES string of the molecule is Cc1c(C(=O)NCC(c2cccc(F)c2)N2CCOCC2)cnn1-c1ccccc1F. The third-order valence-electron chi connectivity index (χ3n) is 5.51. The van der Waals surface area contributed by atoms with Crippen molar-refractivity contribution in [1.82, 2.24) is 20.0 Å². The number of hydrogen-bond donors (Lipinski definition) is 1. The molecule has 2 heterocycles. The first kappa shape index (κ1) is 21.1. The van der Waals surface area contributed by atoms with Gasteiger partial charge in [0.25, 0.3) is 5.91 Å². The standard InChI is InChI=1S/C23H24F2N4O2/c1-16-19(14-27-29(16)21-8-3-2-7-20(21)25)23(30)26-15-22(28-9-11-31-12-10-28)17-5-4-6-18(24)13-17/h2-8,13-14,22H,9-12,15H2,1H3,(H,26,30). The van der Waals surface area contributed by atoms with Gasteiger partial charge in [0, 0.05) is 19.6 Å². The Morgan fingerprint density at radius 2 is 1.94 bits per heavy atom. The van der Waals surface area contributed by atoms with Gasteiger partial charge in [-0.1, -0.05) is 24.3 Å². The second kappa shape index (κ2) is 9.36. The number of carbonyl (C=O) groups excluding carboxylic acids is 1. The highest BCUT2D eigenvalue weighted by molar-refractivity contribution is 5.95. The van der Waals surface area contributed by atoms with Gasteiger partial charge in [-0.25, -0.2) is 13.5 Å². The number of amides is 1. The van der Waals surface area contributed by atoms with Crippen molar-refractivity contribution in [3.05, 3.63) is 83.2 Å². The number of morpholine rings is 1. The van der Waals surface area contributed by atoms with Crippen molar-refractivity contribution in [2.24, 2.45) is 0 Å². The van der Waals surface area contributed by atoms with Crippen LogP contribution in [0.5, 0.6) is 0 Å². The maximum absolute atomic E-state index is 14.1. The van der Waals surface area contributed by atoms with Gasteiger partial charge in [-0.05, 0) is 36.8 Å². The van der Waals surface area contributed by atoms with Crippen molar-refractivity contribution in [1.29, 1.82) is 0 Å². The molecule has 0 saturated carbocycles. The average Bonchev–Trinajstić information content (AvgIpc) is 3.16. The lowest BCUT2D eigenvalue weighted by Gasteiger charge is -2.35. The summed E-state index contributed by atoms with van der Waals surface area (Å²) in [5.41, 5.74) is 1.98. The molecule has 1 aliphatic heterocycles. The van der Waals surface area contributed by atoms with E-state index in [9.17, 15) is 13.6 Å². The van der Waals surface area contributed by atoms with E-state index < -0.39 is 5.82 Å². The van der Waals surface area contributed by atoms with E-state index in [0.717, 1.165) is 5.56 Å². The topological polar surface area (TPSA) is 59.4 Å². The summed E-state index contributed by atoms with van der Waals surface area (Å²) < 4.78 is 34.8. The zero-order chi connectivity index (χ0) is 21.8. The van der Waals surface area contributed by atoms with Crippen molar-refractivity contribution in [2.45, 2.75) is 13.0 Å². The molecular formula is C23H24F2N4O2. The summed E-state index contributed by atoms with van der Waals surface area (Å²) in [7, 11) is 0. The number of aromatic nitrogens is 2. The molecule has 1 atom stereocenters. The molecule has 4 rings (SSSR count). The Balaban J connectivity index is 1.52. The van der Waals surface area contributed by atoms with Crippen LogP contribution in [-0.2, 0) is 4.74 Å². The Bertz CT molecular complexity index is 1060. The number of hydrogen-bond acceptors (Lipinski definition) is 4. The maximum Gasteiger partial charge on any atom is 0.254 e. The molecule has 1 saturated heterocycles. The van der Waals surface area contributed by atoms with Crippen molar-refractivity contribution >= 4 is 5.91 Å². The summed E-state index contributed by atoms with van der Waals surface area (Å²) in [6, 6.07) is 12.5. The number of nitrogens with one attached hydrogen (secondary N) is 1. The van der Waals surface area contributed by atoms with Crippen molar-refractivity contribution in [3.8, 4) is 5.69 Å². The molecule has 0 radical (unpaired) electrons. The van der Waals surface area contributed by atoms with Gasteiger partial charge in [0.05, 0.1) is 36.7 Å². The summed E-state index contributed by atoms with van der Waals surface area (Å²) >= 11 is 0. The fourth-order valence-corrected chi connectivity index (χ4v) is 3.84. The van der Waals surface area contributed by atoms with Crippen molar-refractivity contribution in [2.75, 3.05) is 32.8 Å². The number of rotatable bonds is 6. The molecule has 31 heavy (non-hydrogen) atoms. The molecule has 0 bridgehead atoms. The second-order valence-corrected chi connectivity index (χ2v) is 7.44. The Hall–Kier alpha value is -3.10. The van der Waals surface area contributed by atoms with Gasteiger partial charge in [-0.15, -0.1) is 0 Å². The summed E-state index contributed by atoms with van der Waals surface area (Å²) in [6.07, 6.45) is 1.43. The smallest absolute Gasteiger partial charge is 0.254 e. The highest BCUT2D eigenvalue weighted by Gasteiger charge is 2.25. The Kier molecular flexibility index (Phi) is 6.39. The molecule has 3 aromatic rings. The predicted octanol–water partition coefficient (Wildman–Crippen LogP) is 3.26. The molecule has 2 aromatic carbocycles. The first-order valence-electron chi connectivity index (χ1n) is 10.2. The highest BCUT2D eigenvalue weighted by atomic mass is 19.1. The van der Waals surface area contributed by atoms with Crippen LogP contribution >= 0.6 is 0 Å². The number of nitrogens with zero attached hydrogens (tertiary/aromatic N) is 3. The Labute approximate surface area is 179 Å². The van der Waals surface area contributed by atoms with Crippen molar-refractivity contribution in [3.63, 3.8) is 0 Å². The van der Waals surface area contributed by atoms with E-state index in [4.69, 9.17) is 4.74 Å². The molecule has 8 heteroatoms. The fourth-order valence-electron chi connectivity index (χ4n) is 3.84. The molecule has 1 amide bonds. The number of benzene rings is 2. The van der Waals surface area contributed by atoms with E-state index in [1.807, 2.05) is 6.07 Å². The molecule has 1 N–H and O–H groups in total. The quantitative estimate of drug-likeness (QED) is 0.657. The van der Waals surface area contributed by atoms with Crippen LogP contribution in [0.15, 0.2) is 54.7 Å². The van der Waals surface area contributed by atoms with E-state index in [2.05, 4.69) is 15.3 Å². The molecule has 1 aliphatic rings. The lowest BCUT2D eigenvalue weighted by Crippen LogP contribution is -2.43. The zero-order valence-corrected chi connectivity index (χ0v) is 17.2. The lowest BCUT2D eigenvalue weighted by atomic mass is 10.0. The van der Waals surface area contributed by atoms with Crippen LogP contribution in [0.25, 0.3) is 5.69 Å². The normalized spacial score (nSPS) is 15.6. The van der Waals surface area contributed by atoms with Crippen LogP contribution in [0.3, 0.4) is 0 Å². The molecule has 0 spiro atoms. The minimum absolute atomic E-state index is 0.189. The monoisotopic (exact) mass is 426 g/mol. The van der Waals surface area contributed by atoms with Gasteiger partial charge in [0.15, 0.2) is 0 Å². The van der Waals surface area contributed by atoms with Gasteiger partial charge in [0.2, 0.25) is 0 Å². The van der Waals surface area contributed by atoms with Gasteiger partial charge < -0.3 is 10.1 Å². The summed E-state index contributed by atoms with van der Waals surface area (Å²) in [4.78, 5) is 15.1. The van der Waals surface area contributed by atoms with E-state index in [1.165, 1.54) is 29.1 Å². The van der Waals surface area contributed by atoms with Crippen LogP contribution in [0.2, 0.25) is 0 Å². The third kappa shape index (κ3) is 4.65. The van der Waals surface area contributed by atoms with Crippen LogP contribution in [0, 0.1) is 18.6 Å². The average molecular weight is 426 g/mol. The predicted molar refractivity (Wildman–Crippen MR) is 112 cm³/mol. The first-order valence-corrected chi connectivity index (χ1v) is 10.2. The van der Waals surface area contributed by atoms with E-state index in [-0.39, 0.29) is 23.5 Å². The number of ether oxygens (including phenoxy) is 1. The molecule has 6 nitrogen and oxygen atoms in total. The van der Waals surface area contributed by atoms with Crippen molar-refractivity contribution < 1.29 is 18.3 Å². The minimum Gasteiger partial charge on any atom is -0.379 e. The molecule has 1 unspecified atom stereocenters. The van der Waals surface area contributed by atoms with Gasteiger partial charge >= 0.3 is 0 Å². The Morgan fingerprint density at radius 3 is 2.68 bits per heavy atom. The number of halogens is 2. The number of carbonyl (C=O) groups is 1. The molecular weight excluding hydrogens is 402 g/mol. The fraction of sp³-hybridized carbons (Fsp3) is 0.304. The summed E-state index contributed by atoms with van der Waals surface area (Å²) in [5, 5.41) is 7.14. The lowest BCUT2D eigenvalue weighted by molar-refractivity contribution is 0.0162. The van der Waals surface area contributed by atoms with E-state index >= 15 is 0 Å². The summed E-state index contributed by atoms with van der Waals surface area (Å²) in [5.74, 6) is -1.04. The molecule has 1 aromatic heterocycles. The van der Waals surface area contributed by atoms with Crippen LogP contribution < -0.4 is 5.32 Å². The van der Waals surface area contributed by atoms with Gasteiger partial charge in [0.1, 0.15) is 17.3 Å². The molecule has 1 fully saturated rings. The van der Waals surface area contributed by atoms with Gasteiger partial charge in [-0.2, -0.15) is 5.10 Å². The zero-order valence-electron chi connectivity index (χ0n) is 17.2. The largest absolute Gasteiger partial charge is 0.379 e. The molecule has 162 valence electrons. The minimum atomic E-state index is -0.417. The molecule has 0 aliphatic carbocycles. The third-order valence-corrected chi connectivity index (χ3v) is 5.51. The van der Waals surface area contributed by atoms with Crippen LogP contribution in [0.1, 0.15) is 27.7 Å².